The summed E-state index contributed by atoms with van der Waals surface area (Å²) >= 11 is 7.38. The minimum Gasteiger partial charge on any atom is -0.476 e. The normalized spacial score (nSPS) is 10.9. The number of carboxylic acids is 1. The maximum Gasteiger partial charge on any atom is 0.356 e. The minimum atomic E-state index is -1.05. The molecule has 2 heterocycles. The number of anilines is 1. The van der Waals surface area contributed by atoms with Crippen LogP contribution in [0, 0.1) is 0 Å². The van der Waals surface area contributed by atoms with E-state index >= 15 is 0 Å². The van der Waals surface area contributed by atoms with Gasteiger partial charge in [-0.2, -0.15) is 0 Å². The molecule has 0 amide bonds. The van der Waals surface area contributed by atoms with Crippen molar-refractivity contribution in [2.75, 3.05) is 11.9 Å². The standard InChI is InChI=1S/C14H16ClN3O2S/c1-8(2)13-16-6-10(12(17-13)14(19)20)18(3)7-9-4-5-11(15)21-9/h4-6,8H,7H2,1-3H3,(H,19,20). The predicted molar refractivity (Wildman–Crippen MR) is 84.5 cm³/mol. The van der Waals surface area contributed by atoms with Gasteiger partial charge in [0.1, 0.15) is 5.82 Å². The van der Waals surface area contributed by atoms with Gasteiger partial charge in [0.25, 0.3) is 0 Å². The first-order valence-electron chi connectivity index (χ1n) is 6.44. The van der Waals surface area contributed by atoms with Gasteiger partial charge in [-0.25, -0.2) is 14.8 Å². The van der Waals surface area contributed by atoms with E-state index in [1.165, 1.54) is 11.3 Å². The van der Waals surface area contributed by atoms with Gasteiger partial charge in [-0.1, -0.05) is 25.4 Å². The summed E-state index contributed by atoms with van der Waals surface area (Å²) in [6, 6.07) is 3.75. The number of hydrogen-bond acceptors (Lipinski definition) is 5. The van der Waals surface area contributed by atoms with Crippen molar-refractivity contribution in [1.29, 1.82) is 0 Å². The highest BCUT2D eigenvalue weighted by Gasteiger charge is 2.18. The average Bonchev–Trinajstić information content (AvgIpc) is 2.83. The molecule has 0 aromatic carbocycles. The van der Waals surface area contributed by atoms with Crippen LogP contribution in [0.5, 0.6) is 0 Å². The first kappa shape index (κ1) is 15.7. The highest BCUT2D eigenvalue weighted by Crippen LogP contribution is 2.26. The smallest absolute Gasteiger partial charge is 0.356 e. The molecule has 2 aromatic heterocycles. The van der Waals surface area contributed by atoms with Crippen LogP contribution in [0.3, 0.4) is 0 Å². The average molecular weight is 326 g/mol. The molecule has 0 atom stereocenters. The highest BCUT2D eigenvalue weighted by atomic mass is 35.5. The summed E-state index contributed by atoms with van der Waals surface area (Å²) in [6.07, 6.45) is 1.57. The second-order valence-corrected chi connectivity index (χ2v) is 6.78. The molecule has 112 valence electrons. The molecule has 0 aliphatic rings. The Morgan fingerprint density at radius 3 is 2.71 bits per heavy atom. The first-order chi connectivity index (χ1) is 9.88. The maximum absolute atomic E-state index is 11.4. The Morgan fingerprint density at radius 1 is 1.48 bits per heavy atom. The van der Waals surface area contributed by atoms with Crippen molar-refractivity contribution >= 4 is 34.6 Å². The van der Waals surface area contributed by atoms with Crippen molar-refractivity contribution in [3.63, 3.8) is 0 Å². The zero-order chi connectivity index (χ0) is 15.6. The number of aromatic carboxylic acids is 1. The molecule has 21 heavy (non-hydrogen) atoms. The molecule has 0 radical (unpaired) electrons. The summed E-state index contributed by atoms with van der Waals surface area (Å²) in [7, 11) is 1.81. The summed E-state index contributed by atoms with van der Waals surface area (Å²) in [5, 5.41) is 9.36. The minimum absolute atomic E-state index is 0.0267. The third kappa shape index (κ3) is 3.71. The van der Waals surface area contributed by atoms with Crippen molar-refractivity contribution in [3.8, 4) is 0 Å². The van der Waals surface area contributed by atoms with Crippen molar-refractivity contribution in [3.05, 3.63) is 39.1 Å². The largest absolute Gasteiger partial charge is 0.476 e. The van der Waals surface area contributed by atoms with Crippen LogP contribution in [0.15, 0.2) is 18.3 Å². The first-order valence-corrected chi connectivity index (χ1v) is 7.63. The van der Waals surface area contributed by atoms with E-state index in [1.54, 1.807) is 6.20 Å². The molecule has 5 nitrogen and oxygen atoms in total. The SMILES string of the molecule is CC(C)c1ncc(N(C)Cc2ccc(Cl)s2)c(C(=O)O)n1. The number of thiophene rings is 1. The van der Waals surface area contributed by atoms with Gasteiger partial charge in [0.15, 0.2) is 5.69 Å². The van der Waals surface area contributed by atoms with Gasteiger partial charge in [0, 0.05) is 17.8 Å². The Morgan fingerprint density at radius 2 is 2.19 bits per heavy atom. The van der Waals surface area contributed by atoms with E-state index in [1.807, 2.05) is 37.9 Å². The monoisotopic (exact) mass is 325 g/mol. The van der Waals surface area contributed by atoms with Crippen LogP contribution in [0.1, 0.15) is 41.0 Å². The topological polar surface area (TPSA) is 66.3 Å². The fraction of sp³-hybridized carbons (Fsp3) is 0.357. The van der Waals surface area contributed by atoms with Crippen LogP contribution >= 0.6 is 22.9 Å². The lowest BCUT2D eigenvalue weighted by Crippen LogP contribution is -2.21. The van der Waals surface area contributed by atoms with Crippen LogP contribution in [0.25, 0.3) is 0 Å². The van der Waals surface area contributed by atoms with Crippen LogP contribution in [-0.4, -0.2) is 28.1 Å². The summed E-state index contributed by atoms with van der Waals surface area (Å²) in [6.45, 7) is 4.41. The molecule has 2 aromatic rings. The summed E-state index contributed by atoms with van der Waals surface area (Å²) < 4.78 is 0.711. The second kappa shape index (κ2) is 6.41. The van der Waals surface area contributed by atoms with E-state index in [2.05, 4.69) is 9.97 Å². The van der Waals surface area contributed by atoms with Gasteiger partial charge in [-0.15, -0.1) is 11.3 Å². The second-order valence-electron chi connectivity index (χ2n) is 4.98. The zero-order valence-electron chi connectivity index (χ0n) is 12.0. The van der Waals surface area contributed by atoms with Gasteiger partial charge >= 0.3 is 5.97 Å². The Hall–Kier alpha value is -1.66. The molecule has 0 saturated heterocycles. The van der Waals surface area contributed by atoms with E-state index in [9.17, 15) is 9.90 Å². The fourth-order valence-corrected chi connectivity index (χ4v) is 3.00. The highest BCUT2D eigenvalue weighted by molar-refractivity contribution is 7.16. The summed E-state index contributed by atoms with van der Waals surface area (Å²) in [4.78, 5) is 22.7. The number of rotatable bonds is 5. The quantitative estimate of drug-likeness (QED) is 0.909. The van der Waals surface area contributed by atoms with Gasteiger partial charge in [-0.05, 0) is 12.1 Å². The molecule has 0 saturated carbocycles. The molecule has 7 heteroatoms. The number of nitrogens with zero attached hydrogens (tertiary/aromatic N) is 3. The molecule has 0 spiro atoms. The zero-order valence-corrected chi connectivity index (χ0v) is 13.6. The number of carboxylic acid groups (broad SMARTS) is 1. The maximum atomic E-state index is 11.4. The number of carbonyl (C=O) groups is 1. The van der Waals surface area contributed by atoms with Crippen molar-refractivity contribution < 1.29 is 9.90 Å². The van der Waals surface area contributed by atoms with Crippen molar-refractivity contribution in [2.24, 2.45) is 0 Å². The lowest BCUT2D eigenvalue weighted by molar-refractivity contribution is 0.0690. The number of aromatic nitrogens is 2. The van der Waals surface area contributed by atoms with Gasteiger partial charge in [0.2, 0.25) is 0 Å². The Bertz CT molecular complexity index is 657. The molecule has 0 aliphatic heterocycles. The Kier molecular flexibility index (Phi) is 4.80. The molecular weight excluding hydrogens is 310 g/mol. The van der Waals surface area contributed by atoms with Gasteiger partial charge in [-0.3, -0.25) is 0 Å². The molecule has 2 rings (SSSR count). The molecule has 1 N–H and O–H groups in total. The third-order valence-electron chi connectivity index (χ3n) is 2.94. The molecular formula is C14H16ClN3O2S. The number of halogens is 1. The van der Waals surface area contributed by atoms with Gasteiger partial charge < -0.3 is 10.0 Å². The van der Waals surface area contributed by atoms with E-state index in [0.29, 0.717) is 22.4 Å². The fourth-order valence-electron chi connectivity index (χ4n) is 1.86. The molecule has 0 bridgehead atoms. The molecule has 0 unspecified atom stereocenters. The van der Waals surface area contributed by atoms with E-state index in [0.717, 1.165) is 4.88 Å². The van der Waals surface area contributed by atoms with Crippen LogP contribution in [0.2, 0.25) is 4.34 Å². The summed E-state index contributed by atoms with van der Waals surface area (Å²) in [5.74, 6) is -0.437. The lowest BCUT2D eigenvalue weighted by atomic mass is 10.2. The Balaban J connectivity index is 2.31. The van der Waals surface area contributed by atoms with Crippen LogP contribution in [-0.2, 0) is 6.54 Å². The lowest BCUT2D eigenvalue weighted by Gasteiger charge is -2.20. The van der Waals surface area contributed by atoms with Crippen molar-refractivity contribution in [1.82, 2.24) is 9.97 Å². The summed E-state index contributed by atoms with van der Waals surface area (Å²) in [5.41, 5.74) is 0.523. The number of hydrogen-bond donors (Lipinski definition) is 1. The van der Waals surface area contributed by atoms with E-state index in [-0.39, 0.29) is 11.6 Å². The third-order valence-corrected chi connectivity index (χ3v) is 4.16. The van der Waals surface area contributed by atoms with Crippen LogP contribution in [0.4, 0.5) is 5.69 Å². The predicted octanol–water partition coefficient (Wildman–Crippen LogP) is 3.65. The van der Waals surface area contributed by atoms with E-state index < -0.39 is 5.97 Å². The van der Waals surface area contributed by atoms with E-state index in [4.69, 9.17) is 11.6 Å². The Labute approximate surface area is 132 Å². The van der Waals surface area contributed by atoms with Gasteiger partial charge in [0.05, 0.1) is 22.8 Å². The van der Waals surface area contributed by atoms with Crippen molar-refractivity contribution in [2.45, 2.75) is 26.3 Å². The van der Waals surface area contributed by atoms with Crippen LogP contribution < -0.4 is 4.90 Å². The molecule has 0 aliphatic carbocycles. The molecule has 0 fully saturated rings.